The molecule has 0 fully saturated rings. The molecule has 0 amide bonds. The molecule has 0 spiro atoms. The highest BCUT2D eigenvalue weighted by Gasteiger charge is 2.11. The summed E-state index contributed by atoms with van der Waals surface area (Å²) in [5.41, 5.74) is 4.48. The molecule has 1 aromatic heterocycles. The fourth-order valence-corrected chi connectivity index (χ4v) is 1.87. The number of fused-ring (bicyclic) bond motifs is 1. The van der Waals surface area contributed by atoms with Gasteiger partial charge < -0.3 is 0 Å². The van der Waals surface area contributed by atoms with Gasteiger partial charge in [-0.15, -0.1) is 11.3 Å². The number of rotatable bonds is 0. The molecular formula is C7H7NS. The molecule has 2 rings (SSSR count). The van der Waals surface area contributed by atoms with Crippen LogP contribution in [0.1, 0.15) is 17.5 Å². The smallest absolute Gasteiger partial charge is 0.0802 e. The van der Waals surface area contributed by atoms with E-state index in [4.69, 9.17) is 0 Å². The molecule has 0 bridgehead atoms. The number of hydrogen-bond donors (Lipinski definition) is 0. The maximum atomic E-state index is 4.23. The largest absolute Gasteiger partial charge is 0.245 e. The van der Waals surface area contributed by atoms with Crippen molar-refractivity contribution in [3.8, 4) is 0 Å². The summed E-state index contributed by atoms with van der Waals surface area (Å²) >= 11 is 1.75. The molecule has 0 unspecified atom stereocenters. The Morgan fingerprint density at radius 2 is 2.56 bits per heavy atom. The van der Waals surface area contributed by atoms with E-state index in [0.717, 1.165) is 6.42 Å². The van der Waals surface area contributed by atoms with Crippen molar-refractivity contribution in [3.05, 3.63) is 22.2 Å². The van der Waals surface area contributed by atoms with E-state index < -0.39 is 0 Å². The molecule has 0 radical (unpaired) electrons. The van der Waals surface area contributed by atoms with E-state index in [1.807, 2.05) is 5.51 Å². The van der Waals surface area contributed by atoms with Crippen molar-refractivity contribution in [3.63, 3.8) is 0 Å². The molecule has 9 heavy (non-hydrogen) atoms. The van der Waals surface area contributed by atoms with Crippen LogP contribution in [0.3, 0.4) is 0 Å². The molecular weight excluding hydrogens is 130 g/mol. The molecule has 1 aromatic rings. The van der Waals surface area contributed by atoms with Crippen molar-refractivity contribution in [1.29, 1.82) is 0 Å². The van der Waals surface area contributed by atoms with Crippen LogP contribution in [-0.2, 0) is 6.42 Å². The zero-order chi connectivity index (χ0) is 6.27. The first-order chi connectivity index (χ1) is 4.38. The molecule has 1 aliphatic rings. The van der Waals surface area contributed by atoms with E-state index in [0.29, 0.717) is 0 Å². The van der Waals surface area contributed by atoms with Crippen LogP contribution in [0, 0.1) is 0 Å². The Morgan fingerprint density at radius 3 is 3.33 bits per heavy atom. The molecule has 0 atom stereocenters. The second-order valence-electron chi connectivity index (χ2n) is 2.22. The Bertz CT molecular complexity index is 260. The lowest BCUT2D eigenvalue weighted by Gasteiger charge is -1.85. The molecule has 0 aliphatic heterocycles. The third kappa shape index (κ3) is 0.630. The predicted molar refractivity (Wildman–Crippen MR) is 39.5 cm³/mol. The Labute approximate surface area is 58.1 Å². The standard InChI is InChI=1S/C7H7NS/c1-5-2-3-6-7(5)8-4-9-6/h2,4H,3H2,1H3. The molecule has 1 aliphatic carbocycles. The Balaban J connectivity index is 2.62. The van der Waals surface area contributed by atoms with Gasteiger partial charge in [0.1, 0.15) is 0 Å². The third-order valence-corrected chi connectivity index (χ3v) is 2.46. The summed E-state index contributed by atoms with van der Waals surface area (Å²) in [6.07, 6.45) is 3.33. The van der Waals surface area contributed by atoms with E-state index in [1.54, 1.807) is 11.3 Å². The maximum absolute atomic E-state index is 4.23. The first-order valence-electron chi connectivity index (χ1n) is 2.97. The van der Waals surface area contributed by atoms with Gasteiger partial charge in [0, 0.05) is 11.3 Å². The highest BCUT2D eigenvalue weighted by atomic mass is 32.1. The number of nitrogens with zero attached hydrogens (tertiary/aromatic N) is 1. The average Bonchev–Trinajstić information content (AvgIpc) is 2.35. The second kappa shape index (κ2) is 1.67. The summed E-state index contributed by atoms with van der Waals surface area (Å²) in [4.78, 5) is 5.65. The van der Waals surface area contributed by atoms with Crippen molar-refractivity contribution in [1.82, 2.24) is 4.98 Å². The summed E-state index contributed by atoms with van der Waals surface area (Å²) in [7, 11) is 0. The fraction of sp³-hybridized carbons (Fsp3) is 0.286. The van der Waals surface area contributed by atoms with Gasteiger partial charge in [-0.1, -0.05) is 6.08 Å². The number of allylic oxidation sites excluding steroid dienone is 2. The lowest BCUT2D eigenvalue weighted by Crippen LogP contribution is -1.74. The second-order valence-corrected chi connectivity index (χ2v) is 3.15. The Kier molecular flexibility index (Phi) is 0.963. The van der Waals surface area contributed by atoms with E-state index in [1.165, 1.54) is 16.1 Å². The van der Waals surface area contributed by atoms with Gasteiger partial charge in [0.05, 0.1) is 11.2 Å². The molecule has 1 nitrogen and oxygen atoms in total. The van der Waals surface area contributed by atoms with Gasteiger partial charge in [0.15, 0.2) is 0 Å². The zero-order valence-corrected chi connectivity index (χ0v) is 6.03. The van der Waals surface area contributed by atoms with E-state index in [2.05, 4.69) is 18.0 Å². The normalized spacial score (nSPS) is 15.4. The van der Waals surface area contributed by atoms with Crippen LogP contribution >= 0.6 is 11.3 Å². The zero-order valence-electron chi connectivity index (χ0n) is 5.22. The van der Waals surface area contributed by atoms with Crippen molar-refractivity contribution in [2.24, 2.45) is 0 Å². The van der Waals surface area contributed by atoms with Crippen LogP contribution in [0.15, 0.2) is 11.6 Å². The minimum atomic E-state index is 1.10. The van der Waals surface area contributed by atoms with Gasteiger partial charge in [0.25, 0.3) is 0 Å². The summed E-state index contributed by atoms with van der Waals surface area (Å²) in [5.74, 6) is 0. The minimum absolute atomic E-state index is 1.10. The maximum Gasteiger partial charge on any atom is 0.0802 e. The fourth-order valence-electron chi connectivity index (χ4n) is 1.08. The number of thiazole rings is 1. The van der Waals surface area contributed by atoms with Gasteiger partial charge >= 0.3 is 0 Å². The Morgan fingerprint density at radius 1 is 1.67 bits per heavy atom. The molecule has 0 aromatic carbocycles. The number of aromatic nitrogens is 1. The highest BCUT2D eigenvalue weighted by Crippen LogP contribution is 2.27. The van der Waals surface area contributed by atoms with Crippen molar-refractivity contribution in [2.75, 3.05) is 0 Å². The molecule has 0 N–H and O–H groups in total. The molecule has 0 saturated carbocycles. The summed E-state index contributed by atoms with van der Waals surface area (Å²) < 4.78 is 0. The average molecular weight is 137 g/mol. The molecule has 0 saturated heterocycles. The SMILES string of the molecule is CC1=CCc2scnc21. The van der Waals surface area contributed by atoms with Crippen LogP contribution in [-0.4, -0.2) is 4.98 Å². The van der Waals surface area contributed by atoms with Crippen LogP contribution in [0.5, 0.6) is 0 Å². The van der Waals surface area contributed by atoms with E-state index >= 15 is 0 Å². The summed E-state index contributed by atoms with van der Waals surface area (Å²) in [6.45, 7) is 2.12. The molecule has 46 valence electrons. The topological polar surface area (TPSA) is 12.9 Å². The summed E-state index contributed by atoms with van der Waals surface area (Å²) in [6, 6.07) is 0. The van der Waals surface area contributed by atoms with Crippen molar-refractivity contribution in [2.45, 2.75) is 13.3 Å². The van der Waals surface area contributed by atoms with Crippen molar-refractivity contribution < 1.29 is 0 Å². The lowest BCUT2D eigenvalue weighted by atomic mass is 10.3. The van der Waals surface area contributed by atoms with Gasteiger partial charge in [-0.05, 0) is 12.5 Å². The monoisotopic (exact) mass is 137 g/mol. The summed E-state index contributed by atoms with van der Waals surface area (Å²) in [5, 5.41) is 0. The van der Waals surface area contributed by atoms with Crippen LogP contribution in [0.2, 0.25) is 0 Å². The predicted octanol–water partition coefficient (Wildman–Crippen LogP) is 2.10. The highest BCUT2D eigenvalue weighted by molar-refractivity contribution is 7.09. The van der Waals surface area contributed by atoms with Gasteiger partial charge in [-0.25, -0.2) is 4.98 Å². The van der Waals surface area contributed by atoms with E-state index in [-0.39, 0.29) is 0 Å². The molecule has 2 heteroatoms. The first-order valence-corrected chi connectivity index (χ1v) is 3.85. The lowest BCUT2D eigenvalue weighted by molar-refractivity contribution is 1.31. The van der Waals surface area contributed by atoms with Crippen LogP contribution < -0.4 is 0 Å². The van der Waals surface area contributed by atoms with Crippen molar-refractivity contribution >= 4 is 16.9 Å². The van der Waals surface area contributed by atoms with Gasteiger partial charge in [-0.2, -0.15) is 0 Å². The van der Waals surface area contributed by atoms with Gasteiger partial charge in [-0.3, -0.25) is 0 Å². The quantitative estimate of drug-likeness (QED) is 0.533. The minimum Gasteiger partial charge on any atom is -0.245 e. The number of hydrogen-bond acceptors (Lipinski definition) is 2. The molecule has 1 heterocycles. The van der Waals surface area contributed by atoms with Crippen LogP contribution in [0.25, 0.3) is 5.57 Å². The van der Waals surface area contributed by atoms with Crippen LogP contribution in [0.4, 0.5) is 0 Å². The Hall–Kier alpha value is -0.630. The third-order valence-electron chi connectivity index (χ3n) is 1.61. The first kappa shape index (κ1) is 5.18. The van der Waals surface area contributed by atoms with E-state index in [9.17, 15) is 0 Å². The van der Waals surface area contributed by atoms with Gasteiger partial charge in [0.2, 0.25) is 0 Å².